The van der Waals surface area contributed by atoms with Crippen LogP contribution in [-0.2, 0) is 4.79 Å². The molecule has 2 saturated heterocycles. The standard InChI is InChI=1S/C20H36N4O.HI/c1-17-8-4-7-14-24(17)18(25)9-13-22-19(21-2)23-15-12-20(16-23)10-5-3-6-11-20;/h17H,3-16H2,1-2H3,(H,21,22);1H. The van der Waals surface area contributed by atoms with Gasteiger partial charge in [-0.25, -0.2) is 0 Å². The summed E-state index contributed by atoms with van der Waals surface area (Å²) >= 11 is 0. The van der Waals surface area contributed by atoms with Crippen LogP contribution < -0.4 is 5.32 Å². The summed E-state index contributed by atoms with van der Waals surface area (Å²) < 4.78 is 0. The zero-order valence-electron chi connectivity index (χ0n) is 16.6. The molecule has 1 amide bonds. The average molecular weight is 476 g/mol. The number of nitrogens with one attached hydrogen (secondary N) is 1. The fourth-order valence-electron chi connectivity index (χ4n) is 5.05. The molecule has 150 valence electrons. The highest BCUT2D eigenvalue weighted by Crippen LogP contribution is 2.43. The number of amides is 1. The van der Waals surface area contributed by atoms with Crippen molar-refractivity contribution in [2.24, 2.45) is 10.4 Å². The Labute approximate surface area is 176 Å². The van der Waals surface area contributed by atoms with Crippen molar-refractivity contribution in [2.45, 2.75) is 77.2 Å². The summed E-state index contributed by atoms with van der Waals surface area (Å²) in [6, 6.07) is 0.408. The number of hydrogen-bond donors (Lipinski definition) is 1. The summed E-state index contributed by atoms with van der Waals surface area (Å²) in [6.45, 7) is 6.05. The monoisotopic (exact) mass is 476 g/mol. The van der Waals surface area contributed by atoms with Gasteiger partial charge in [-0.2, -0.15) is 0 Å². The number of carbonyl (C=O) groups is 1. The molecule has 5 nitrogen and oxygen atoms in total. The van der Waals surface area contributed by atoms with E-state index in [0.717, 1.165) is 38.4 Å². The molecule has 1 saturated carbocycles. The van der Waals surface area contributed by atoms with Crippen LogP contribution in [0.2, 0.25) is 0 Å². The first-order valence-corrected chi connectivity index (χ1v) is 10.4. The highest BCUT2D eigenvalue weighted by Gasteiger charge is 2.39. The van der Waals surface area contributed by atoms with Crippen molar-refractivity contribution in [1.82, 2.24) is 15.1 Å². The van der Waals surface area contributed by atoms with E-state index in [4.69, 9.17) is 0 Å². The van der Waals surface area contributed by atoms with Gasteiger partial charge in [0, 0.05) is 45.7 Å². The number of carbonyl (C=O) groups excluding carboxylic acids is 1. The quantitative estimate of drug-likeness (QED) is 0.385. The molecule has 0 aromatic carbocycles. The average Bonchev–Trinajstić information content (AvgIpc) is 3.02. The third-order valence-electron chi connectivity index (χ3n) is 6.61. The molecule has 1 spiro atoms. The molecular formula is C20H37IN4O. The Balaban J connectivity index is 0.00000243. The zero-order valence-corrected chi connectivity index (χ0v) is 19.0. The maximum Gasteiger partial charge on any atom is 0.224 e. The van der Waals surface area contributed by atoms with E-state index in [9.17, 15) is 4.79 Å². The first kappa shape index (κ1) is 21.8. The second-order valence-electron chi connectivity index (χ2n) is 8.39. The summed E-state index contributed by atoms with van der Waals surface area (Å²) in [5.74, 6) is 1.28. The fourth-order valence-corrected chi connectivity index (χ4v) is 5.05. The summed E-state index contributed by atoms with van der Waals surface area (Å²) in [4.78, 5) is 21.4. The lowest BCUT2D eigenvalue weighted by atomic mass is 9.73. The van der Waals surface area contributed by atoms with Crippen LogP contribution in [-0.4, -0.2) is 60.9 Å². The molecule has 26 heavy (non-hydrogen) atoms. The molecule has 0 bridgehead atoms. The van der Waals surface area contributed by atoms with Crippen molar-refractivity contribution in [2.75, 3.05) is 33.2 Å². The van der Waals surface area contributed by atoms with Gasteiger partial charge in [-0.1, -0.05) is 19.3 Å². The molecule has 1 unspecified atom stereocenters. The maximum atomic E-state index is 12.5. The molecule has 1 aliphatic carbocycles. The lowest BCUT2D eigenvalue weighted by Crippen LogP contribution is -2.45. The number of piperidine rings is 1. The largest absolute Gasteiger partial charge is 0.356 e. The van der Waals surface area contributed by atoms with E-state index in [1.54, 1.807) is 0 Å². The number of aliphatic imine (C=N–C) groups is 1. The minimum absolute atomic E-state index is 0. The van der Waals surface area contributed by atoms with Crippen LogP contribution in [0.3, 0.4) is 0 Å². The molecule has 1 N–H and O–H groups in total. The lowest BCUT2D eigenvalue weighted by Gasteiger charge is -2.34. The van der Waals surface area contributed by atoms with Crippen LogP contribution in [0, 0.1) is 5.41 Å². The van der Waals surface area contributed by atoms with Gasteiger partial charge in [-0.05, 0) is 50.9 Å². The Bertz CT molecular complexity index is 490. The van der Waals surface area contributed by atoms with Crippen LogP contribution in [0.15, 0.2) is 4.99 Å². The number of halogens is 1. The highest BCUT2D eigenvalue weighted by molar-refractivity contribution is 14.0. The van der Waals surface area contributed by atoms with Crippen LogP contribution in [0.1, 0.15) is 71.1 Å². The van der Waals surface area contributed by atoms with Crippen LogP contribution in [0.5, 0.6) is 0 Å². The Morgan fingerprint density at radius 3 is 2.58 bits per heavy atom. The summed E-state index contributed by atoms with van der Waals surface area (Å²) in [5, 5.41) is 3.45. The topological polar surface area (TPSA) is 47.9 Å². The first-order valence-electron chi connectivity index (χ1n) is 10.4. The summed E-state index contributed by atoms with van der Waals surface area (Å²) in [5.41, 5.74) is 0.537. The van der Waals surface area contributed by atoms with Gasteiger partial charge in [0.2, 0.25) is 5.91 Å². The lowest BCUT2D eigenvalue weighted by molar-refractivity contribution is -0.134. The molecule has 0 aromatic rings. The van der Waals surface area contributed by atoms with Gasteiger partial charge >= 0.3 is 0 Å². The highest BCUT2D eigenvalue weighted by atomic mass is 127. The fraction of sp³-hybridized carbons (Fsp3) is 0.900. The Morgan fingerprint density at radius 2 is 1.88 bits per heavy atom. The van der Waals surface area contributed by atoms with Crippen molar-refractivity contribution in [3.8, 4) is 0 Å². The van der Waals surface area contributed by atoms with Crippen molar-refractivity contribution in [3.63, 3.8) is 0 Å². The molecule has 3 aliphatic rings. The van der Waals surface area contributed by atoms with Crippen LogP contribution >= 0.6 is 24.0 Å². The Morgan fingerprint density at radius 1 is 1.12 bits per heavy atom. The van der Waals surface area contributed by atoms with Gasteiger partial charge in [-0.15, -0.1) is 24.0 Å². The second kappa shape index (κ2) is 10.1. The third-order valence-corrected chi connectivity index (χ3v) is 6.61. The normalized spacial score (nSPS) is 25.9. The summed E-state index contributed by atoms with van der Waals surface area (Å²) in [7, 11) is 1.86. The van der Waals surface area contributed by atoms with Crippen molar-refractivity contribution < 1.29 is 4.79 Å². The minimum atomic E-state index is 0. The molecule has 3 fully saturated rings. The molecule has 2 aliphatic heterocycles. The number of hydrogen-bond acceptors (Lipinski definition) is 2. The van der Waals surface area contributed by atoms with Gasteiger partial charge in [0.25, 0.3) is 0 Å². The van der Waals surface area contributed by atoms with Gasteiger partial charge in [0.1, 0.15) is 0 Å². The molecule has 0 aromatic heterocycles. The zero-order chi connectivity index (χ0) is 17.7. The van der Waals surface area contributed by atoms with Gasteiger partial charge in [0.15, 0.2) is 5.96 Å². The molecule has 2 heterocycles. The van der Waals surface area contributed by atoms with E-state index in [2.05, 4.69) is 27.0 Å². The van der Waals surface area contributed by atoms with Gasteiger partial charge < -0.3 is 15.1 Å². The Kier molecular flexibility index (Phi) is 8.48. The molecule has 1 atom stereocenters. The van der Waals surface area contributed by atoms with E-state index >= 15 is 0 Å². The van der Waals surface area contributed by atoms with E-state index in [1.807, 2.05) is 7.05 Å². The van der Waals surface area contributed by atoms with E-state index < -0.39 is 0 Å². The number of likely N-dealkylation sites (tertiary alicyclic amines) is 2. The molecule has 0 radical (unpaired) electrons. The van der Waals surface area contributed by atoms with Crippen molar-refractivity contribution in [3.05, 3.63) is 0 Å². The van der Waals surface area contributed by atoms with E-state index in [-0.39, 0.29) is 24.0 Å². The third kappa shape index (κ3) is 5.26. The van der Waals surface area contributed by atoms with Gasteiger partial charge in [0.05, 0.1) is 0 Å². The maximum absolute atomic E-state index is 12.5. The predicted molar refractivity (Wildman–Crippen MR) is 118 cm³/mol. The van der Waals surface area contributed by atoms with Crippen molar-refractivity contribution in [1.29, 1.82) is 0 Å². The van der Waals surface area contributed by atoms with Crippen LogP contribution in [0.25, 0.3) is 0 Å². The summed E-state index contributed by atoms with van der Waals surface area (Å²) in [6.07, 6.45) is 12.4. The Hall–Kier alpha value is -0.530. The van der Waals surface area contributed by atoms with Crippen molar-refractivity contribution >= 4 is 35.8 Å². The molecule has 6 heteroatoms. The first-order chi connectivity index (χ1) is 12.1. The smallest absolute Gasteiger partial charge is 0.224 e. The van der Waals surface area contributed by atoms with E-state index in [0.29, 0.717) is 30.3 Å². The van der Waals surface area contributed by atoms with Gasteiger partial charge in [-0.3, -0.25) is 9.79 Å². The number of guanidine groups is 1. The van der Waals surface area contributed by atoms with E-state index in [1.165, 1.54) is 44.9 Å². The minimum Gasteiger partial charge on any atom is -0.356 e. The molecular weight excluding hydrogens is 439 g/mol. The second-order valence-corrected chi connectivity index (χ2v) is 8.39. The number of rotatable bonds is 3. The predicted octanol–water partition coefficient (Wildman–Crippen LogP) is 3.63. The van der Waals surface area contributed by atoms with Crippen LogP contribution in [0.4, 0.5) is 0 Å². The SMILES string of the molecule is CN=C(NCCC(=O)N1CCCCC1C)N1CCC2(CCCCC2)C1.I. The molecule has 3 rings (SSSR count). The number of nitrogens with zero attached hydrogens (tertiary/aromatic N) is 3.